The lowest BCUT2D eigenvalue weighted by Crippen LogP contribution is -2.26. The number of nitrogens with one attached hydrogen (secondary N) is 1. The van der Waals surface area contributed by atoms with E-state index in [0.717, 1.165) is 0 Å². The van der Waals surface area contributed by atoms with Crippen molar-refractivity contribution in [3.05, 3.63) is 22.9 Å². The standard InChI is InChI=1S/C12H21N/c1-9(2)8-10(3)11(4)13-12(5)6-7-12/h8,13H,6-7H2,1-5H3/b11-10-. The zero-order valence-electron chi connectivity index (χ0n) is 9.49. The van der Waals surface area contributed by atoms with Crippen molar-refractivity contribution < 1.29 is 0 Å². The molecule has 1 rings (SSSR count). The highest BCUT2D eigenvalue weighted by atomic mass is 15.0. The molecule has 0 aromatic rings. The Hall–Kier alpha value is -0.720. The summed E-state index contributed by atoms with van der Waals surface area (Å²) < 4.78 is 0. The summed E-state index contributed by atoms with van der Waals surface area (Å²) in [6.45, 7) is 10.9. The largest absolute Gasteiger partial charge is 0.383 e. The van der Waals surface area contributed by atoms with Gasteiger partial charge in [0.15, 0.2) is 0 Å². The van der Waals surface area contributed by atoms with E-state index in [2.05, 4.69) is 46.0 Å². The smallest absolute Gasteiger partial charge is 0.0344 e. The van der Waals surface area contributed by atoms with Gasteiger partial charge in [0.1, 0.15) is 0 Å². The van der Waals surface area contributed by atoms with Crippen molar-refractivity contribution in [3.63, 3.8) is 0 Å². The first-order chi connectivity index (χ1) is 5.93. The third-order valence-electron chi connectivity index (χ3n) is 2.59. The van der Waals surface area contributed by atoms with Crippen LogP contribution < -0.4 is 5.32 Å². The lowest BCUT2D eigenvalue weighted by molar-refractivity contribution is 0.606. The first-order valence-electron chi connectivity index (χ1n) is 5.03. The van der Waals surface area contributed by atoms with Crippen LogP contribution >= 0.6 is 0 Å². The monoisotopic (exact) mass is 179 g/mol. The Morgan fingerprint density at radius 2 is 1.69 bits per heavy atom. The number of hydrogen-bond acceptors (Lipinski definition) is 1. The van der Waals surface area contributed by atoms with E-state index in [1.807, 2.05) is 0 Å². The van der Waals surface area contributed by atoms with Crippen molar-refractivity contribution in [2.24, 2.45) is 0 Å². The summed E-state index contributed by atoms with van der Waals surface area (Å²) in [5.74, 6) is 0. The van der Waals surface area contributed by atoms with Crippen LogP contribution in [0.4, 0.5) is 0 Å². The third-order valence-corrected chi connectivity index (χ3v) is 2.59. The summed E-state index contributed by atoms with van der Waals surface area (Å²) in [4.78, 5) is 0. The molecule has 13 heavy (non-hydrogen) atoms. The molecule has 74 valence electrons. The maximum absolute atomic E-state index is 3.57. The average molecular weight is 179 g/mol. The Balaban J connectivity index is 2.62. The molecule has 0 aliphatic heterocycles. The Bertz CT molecular complexity index is 250. The molecule has 1 aliphatic rings. The molecule has 1 aliphatic carbocycles. The summed E-state index contributed by atoms with van der Waals surface area (Å²) in [5, 5.41) is 3.57. The Morgan fingerprint density at radius 1 is 1.15 bits per heavy atom. The van der Waals surface area contributed by atoms with Gasteiger partial charge < -0.3 is 5.32 Å². The van der Waals surface area contributed by atoms with E-state index < -0.39 is 0 Å². The average Bonchev–Trinajstić information content (AvgIpc) is 2.66. The van der Waals surface area contributed by atoms with E-state index in [1.54, 1.807) is 0 Å². The fourth-order valence-corrected chi connectivity index (χ4v) is 1.41. The van der Waals surface area contributed by atoms with E-state index in [9.17, 15) is 0 Å². The lowest BCUT2D eigenvalue weighted by atomic mass is 10.1. The first-order valence-corrected chi connectivity index (χ1v) is 5.03. The molecule has 0 aromatic heterocycles. The predicted octanol–water partition coefficient (Wildman–Crippen LogP) is 3.39. The highest BCUT2D eigenvalue weighted by Crippen LogP contribution is 2.35. The topological polar surface area (TPSA) is 12.0 Å². The van der Waals surface area contributed by atoms with E-state index in [4.69, 9.17) is 0 Å². The van der Waals surface area contributed by atoms with Gasteiger partial charge >= 0.3 is 0 Å². The quantitative estimate of drug-likeness (QED) is 0.655. The minimum absolute atomic E-state index is 0.404. The molecule has 0 aromatic carbocycles. The molecule has 1 N–H and O–H groups in total. The summed E-state index contributed by atoms with van der Waals surface area (Å²) in [5.41, 5.74) is 4.44. The van der Waals surface area contributed by atoms with Gasteiger partial charge in [-0.05, 0) is 53.0 Å². The summed E-state index contributed by atoms with van der Waals surface area (Å²) >= 11 is 0. The van der Waals surface area contributed by atoms with Crippen LogP contribution in [0.3, 0.4) is 0 Å². The van der Waals surface area contributed by atoms with Crippen molar-refractivity contribution in [1.82, 2.24) is 5.32 Å². The van der Waals surface area contributed by atoms with Crippen molar-refractivity contribution in [3.8, 4) is 0 Å². The van der Waals surface area contributed by atoms with Crippen LogP contribution in [0.1, 0.15) is 47.5 Å². The fraction of sp³-hybridized carbons (Fsp3) is 0.667. The Labute approximate surface area is 81.9 Å². The molecular formula is C12H21N. The maximum atomic E-state index is 3.57. The van der Waals surface area contributed by atoms with Crippen LogP contribution in [0.5, 0.6) is 0 Å². The normalized spacial score (nSPS) is 20.4. The second-order valence-electron chi connectivity index (χ2n) is 4.72. The minimum atomic E-state index is 0.404. The molecule has 1 nitrogen and oxygen atoms in total. The molecule has 0 radical (unpaired) electrons. The van der Waals surface area contributed by atoms with Gasteiger partial charge in [0.05, 0.1) is 0 Å². The SMILES string of the molecule is CC(C)=C/C(C)=C(/C)NC1(C)CC1. The van der Waals surface area contributed by atoms with Gasteiger partial charge in [-0.1, -0.05) is 11.6 Å². The number of rotatable bonds is 3. The molecule has 0 bridgehead atoms. The van der Waals surface area contributed by atoms with Crippen molar-refractivity contribution in [2.75, 3.05) is 0 Å². The molecule has 0 amide bonds. The van der Waals surface area contributed by atoms with Gasteiger partial charge in [-0.2, -0.15) is 0 Å². The highest BCUT2D eigenvalue weighted by Gasteiger charge is 2.36. The number of hydrogen-bond donors (Lipinski definition) is 1. The summed E-state index contributed by atoms with van der Waals surface area (Å²) in [6.07, 6.45) is 4.85. The molecule has 1 saturated carbocycles. The Kier molecular flexibility index (Phi) is 2.84. The third kappa shape index (κ3) is 3.25. The van der Waals surface area contributed by atoms with Gasteiger partial charge in [-0.15, -0.1) is 0 Å². The van der Waals surface area contributed by atoms with E-state index >= 15 is 0 Å². The summed E-state index contributed by atoms with van der Waals surface area (Å²) in [7, 11) is 0. The van der Waals surface area contributed by atoms with Crippen LogP contribution in [-0.2, 0) is 0 Å². The van der Waals surface area contributed by atoms with E-state index in [-0.39, 0.29) is 0 Å². The molecule has 0 heterocycles. The molecule has 1 fully saturated rings. The van der Waals surface area contributed by atoms with Gasteiger partial charge in [-0.25, -0.2) is 0 Å². The molecular weight excluding hydrogens is 158 g/mol. The van der Waals surface area contributed by atoms with Crippen molar-refractivity contribution in [1.29, 1.82) is 0 Å². The maximum Gasteiger partial charge on any atom is 0.0344 e. The molecule has 0 atom stereocenters. The Morgan fingerprint density at radius 3 is 2.08 bits per heavy atom. The second kappa shape index (κ2) is 3.57. The van der Waals surface area contributed by atoms with Crippen molar-refractivity contribution in [2.45, 2.75) is 53.0 Å². The predicted molar refractivity (Wildman–Crippen MR) is 58.6 cm³/mol. The van der Waals surface area contributed by atoms with Gasteiger partial charge in [0, 0.05) is 11.2 Å². The second-order valence-corrected chi connectivity index (χ2v) is 4.72. The van der Waals surface area contributed by atoms with Gasteiger partial charge in [0.2, 0.25) is 0 Å². The highest BCUT2D eigenvalue weighted by molar-refractivity contribution is 5.25. The molecule has 1 heteroatoms. The van der Waals surface area contributed by atoms with Crippen LogP contribution in [0.25, 0.3) is 0 Å². The van der Waals surface area contributed by atoms with E-state index in [0.29, 0.717) is 5.54 Å². The van der Waals surface area contributed by atoms with Gasteiger partial charge in [-0.3, -0.25) is 0 Å². The molecule has 0 saturated heterocycles. The minimum Gasteiger partial charge on any atom is -0.383 e. The van der Waals surface area contributed by atoms with Crippen LogP contribution in [-0.4, -0.2) is 5.54 Å². The van der Waals surface area contributed by atoms with E-state index in [1.165, 1.54) is 29.7 Å². The first kappa shape index (κ1) is 10.4. The van der Waals surface area contributed by atoms with Gasteiger partial charge in [0.25, 0.3) is 0 Å². The lowest BCUT2D eigenvalue weighted by Gasteiger charge is -2.15. The van der Waals surface area contributed by atoms with Crippen LogP contribution in [0.15, 0.2) is 22.9 Å². The number of allylic oxidation sites excluding steroid dienone is 4. The molecule has 0 unspecified atom stereocenters. The van der Waals surface area contributed by atoms with Crippen LogP contribution in [0, 0.1) is 0 Å². The van der Waals surface area contributed by atoms with Crippen LogP contribution in [0.2, 0.25) is 0 Å². The fourth-order valence-electron chi connectivity index (χ4n) is 1.41. The summed E-state index contributed by atoms with van der Waals surface area (Å²) in [6, 6.07) is 0. The zero-order chi connectivity index (χ0) is 10.1. The molecule has 0 spiro atoms. The van der Waals surface area contributed by atoms with Crippen molar-refractivity contribution >= 4 is 0 Å². The zero-order valence-corrected chi connectivity index (χ0v) is 9.49.